The zero-order chi connectivity index (χ0) is 23.1. The summed E-state index contributed by atoms with van der Waals surface area (Å²) in [6, 6.07) is 10.4. The number of sulfonamides is 1. The predicted molar refractivity (Wildman–Crippen MR) is 121 cm³/mol. The van der Waals surface area contributed by atoms with E-state index < -0.39 is 21.8 Å². The zero-order valence-electron chi connectivity index (χ0n) is 16.8. The molecule has 1 heterocycles. The Morgan fingerprint density at radius 2 is 1.69 bits per heavy atom. The zero-order valence-corrected chi connectivity index (χ0v) is 19.1. The second-order valence-corrected chi connectivity index (χ2v) is 9.40. The van der Waals surface area contributed by atoms with Crippen molar-refractivity contribution in [3.63, 3.8) is 0 Å². The molecule has 2 aromatic carbocycles. The molecule has 1 saturated heterocycles. The summed E-state index contributed by atoms with van der Waals surface area (Å²) < 4.78 is 31.7. The summed E-state index contributed by atoms with van der Waals surface area (Å²) in [5.74, 6) is -1.10. The number of carbonyl (C=O) groups excluding carboxylic acids is 2. The fraction of sp³-hybridized carbons (Fsp3) is 0.250. The number of amides is 2. The minimum absolute atomic E-state index is 0.0845. The van der Waals surface area contributed by atoms with E-state index in [1.165, 1.54) is 34.8 Å². The van der Waals surface area contributed by atoms with Crippen LogP contribution < -0.4 is 10.7 Å². The molecule has 12 heteroatoms. The van der Waals surface area contributed by atoms with E-state index in [2.05, 4.69) is 15.8 Å². The highest BCUT2D eigenvalue weighted by atomic mass is 35.5. The third-order valence-corrected chi connectivity index (χ3v) is 7.09. The normalized spacial score (nSPS) is 14.9. The van der Waals surface area contributed by atoms with Crippen LogP contribution in [0.2, 0.25) is 10.0 Å². The topological polar surface area (TPSA) is 117 Å². The van der Waals surface area contributed by atoms with Gasteiger partial charge in [-0.25, -0.2) is 13.8 Å². The number of hydrazone groups is 1. The SMILES string of the molecule is O=C(CNC(=O)c1ccc(S(=O)(=O)N2CCOCC2)cc1)N/N=C/c1c(Cl)cccc1Cl. The Hall–Kier alpha value is -2.50. The number of carbonyl (C=O) groups is 2. The summed E-state index contributed by atoms with van der Waals surface area (Å²) in [4.78, 5) is 24.2. The first kappa shape index (κ1) is 24.1. The molecule has 2 N–H and O–H groups in total. The summed E-state index contributed by atoms with van der Waals surface area (Å²) in [5, 5.41) is 6.97. The molecule has 170 valence electrons. The Bertz CT molecular complexity index is 1100. The Labute approximate surface area is 195 Å². The van der Waals surface area contributed by atoms with Crippen molar-refractivity contribution in [2.45, 2.75) is 4.90 Å². The first-order valence-electron chi connectivity index (χ1n) is 9.51. The van der Waals surface area contributed by atoms with E-state index in [-0.39, 0.29) is 30.1 Å². The van der Waals surface area contributed by atoms with Gasteiger partial charge in [0.25, 0.3) is 11.8 Å². The molecule has 9 nitrogen and oxygen atoms in total. The fourth-order valence-corrected chi connectivity index (χ4v) is 4.72. The monoisotopic (exact) mass is 498 g/mol. The van der Waals surface area contributed by atoms with Gasteiger partial charge in [0.2, 0.25) is 10.0 Å². The lowest BCUT2D eigenvalue weighted by Gasteiger charge is -2.26. The maximum Gasteiger partial charge on any atom is 0.259 e. The summed E-state index contributed by atoms with van der Waals surface area (Å²) in [7, 11) is -3.65. The quantitative estimate of drug-likeness (QED) is 0.446. The third-order valence-electron chi connectivity index (χ3n) is 4.52. The number of morpholine rings is 1. The number of halogens is 2. The summed E-state index contributed by atoms with van der Waals surface area (Å²) in [5.41, 5.74) is 2.93. The van der Waals surface area contributed by atoms with Crippen LogP contribution >= 0.6 is 23.2 Å². The minimum Gasteiger partial charge on any atom is -0.379 e. The molecule has 2 aromatic rings. The standard InChI is InChI=1S/C20H20Cl2N4O5S/c21-17-2-1-3-18(22)16(17)12-24-25-19(27)13-23-20(28)14-4-6-15(7-5-14)32(29,30)26-8-10-31-11-9-26/h1-7,12H,8-11,13H2,(H,23,28)(H,25,27)/b24-12+. The molecule has 1 fully saturated rings. The average molecular weight is 499 g/mol. The van der Waals surface area contributed by atoms with Crippen LogP contribution in [0.1, 0.15) is 15.9 Å². The average Bonchev–Trinajstić information content (AvgIpc) is 2.80. The molecular formula is C20H20Cl2N4O5S. The van der Waals surface area contributed by atoms with Crippen molar-refractivity contribution >= 4 is 51.3 Å². The van der Waals surface area contributed by atoms with Gasteiger partial charge >= 0.3 is 0 Å². The third kappa shape index (κ3) is 6.05. The molecule has 0 aliphatic carbocycles. The lowest BCUT2D eigenvalue weighted by atomic mass is 10.2. The van der Waals surface area contributed by atoms with E-state index >= 15 is 0 Å². The van der Waals surface area contributed by atoms with Gasteiger partial charge < -0.3 is 10.1 Å². The van der Waals surface area contributed by atoms with Crippen molar-refractivity contribution < 1.29 is 22.7 Å². The Morgan fingerprint density at radius 3 is 2.31 bits per heavy atom. The molecule has 0 saturated carbocycles. The van der Waals surface area contributed by atoms with Gasteiger partial charge in [0.15, 0.2) is 0 Å². The van der Waals surface area contributed by atoms with Crippen molar-refractivity contribution in [2.24, 2.45) is 5.10 Å². The van der Waals surface area contributed by atoms with E-state index in [0.717, 1.165) is 0 Å². The number of ether oxygens (including phenoxy) is 1. The first-order chi connectivity index (χ1) is 15.3. The van der Waals surface area contributed by atoms with Crippen molar-refractivity contribution in [2.75, 3.05) is 32.8 Å². The summed E-state index contributed by atoms with van der Waals surface area (Å²) >= 11 is 12.0. The maximum atomic E-state index is 12.6. The van der Waals surface area contributed by atoms with Crippen LogP contribution in [-0.2, 0) is 19.6 Å². The molecule has 0 spiro atoms. The van der Waals surface area contributed by atoms with Gasteiger partial charge in [-0.1, -0.05) is 29.3 Å². The van der Waals surface area contributed by atoms with Crippen molar-refractivity contribution in [1.82, 2.24) is 15.0 Å². The van der Waals surface area contributed by atoms with Gasteiger partial charge in [0.1, 0.15) is 0 Å². The van der Waals surface area contributed by atoms with Crippen LogP contribution in [-0.4, -0.2) is 63.6 Å². The van der Waals surface area contributed by atoms with Gasteiger partial charge in [-0.05, 0) is 36.4 Å². The second kappa shape index (κ2) is 10.9. The van der Waals surface area contributed by atoms with Crippen molar-refractivity contribution in [1.29, 1.82) is 0 Å². The molecule has 2 amide bonds. The molecule has 0 aromatic heterocycles. The number of nitrogens with one attached hydrogen (secondary N) is 2. The molecular weight excluding hydrogens is 479 g/mol. The Kier molecular flexibility index (Phi) is 8.21. The highest BCUT2D eigenvalue weighted by molar-refractivity contribution is 7.89. The lowest BCUT2D eigenvalue weighted by Crippen LogP contribution is -2.40. The molecule has 32 heavy (non-hydrogen) atoms. The van der Waals surface area contributed by atoms with Crippen LogP contribution in [0.5, 0.6) is 0 Å². The highest BCUT2D eigenvalue weighted by Crippen LogP contribution is 2.22. The smallest absolute Gasteiger partial charge is 0.259 e. The van der Waals surface area contributed by atoms with Crippen molar-refractivity contribution in [3.8, 4) is 0 Å². The Morgan fingerprint density at radius 1 is 1.06 bits per heavy atom. The largest absolute Gasteiger partial charge is 0.379 e. The molecule has 0 radical (unpaired) electrons. The number of hydrogen-bond donors (Lipinski definition) is 2. The maximum absolute atomic E-state index is 12.6. The van der Waals surface area contributed by atoms with E-state index in [9.17, 15) is 18.0 Å². The predicted octanol–water partition coefficient (Wildman–Crippen LogP) is 1.89. The molecule has 0 bridgehead atoms. The van der Waals surface area contributed by atoms with Gasteiger partial charge in [0.05, 0.1) is 40.9 Å². The number of rotatable bonds is 7. The summed E-state index contributed by atoms with van der Waals surface area (Å²) in [6.07, 6.45) is 1.30. The van der Waals surface area contributed by atoms with Crippen LogP contribution in [0.25, 0.3) is 0 Å². The minimum atomic E-state index is -3.65. The summed E-state index contributed by atoms with van der Waals surface area (Å²) in [6.45, 7) is 0.921. The van der Waals surface area contributed by atoms with Gasteiger partial charge in [-0.3, -0.25) is 9.59 Å². The van der Waals surface area contributed by atoms with Crippen molar-refractivity contribution in [3.05, 3.63) is 63.6 Å². The lowest BCUT2D eigenvalue weighted by molar-refractivity contribution is -0.120. The van der Waals surface area contributed by atoms with Crippen LogP contribution in [0, 0.1) is 0 Å². The van der Waals surface area contributed by atoms with E-state index in [1.54, 1.807) is 18.2 Å². The molecule has 1 aliphatic heterocycles. The highest BCUT2D eigenvalue weighted by Gasteiger charge is 2.26. The second-order valence-electron chi connectivity index (χ2n) is 6.65. The van der Waals surface area contributed by atoms with Crippen LogP contribution in [0.4, 0.5) is 0 Å². The van der Waals surface area contributed by atoms with Gasteiger partial charge in [-0.15, -0.1) is 0 Å². The molecule has 1 aliphatic rings. The molecule has 3 rings (SSSR count). The first-order valence-corrected chi connectivity index (χ1v) is 11.7. The fourth-order valence-electron chi connectivity index (χ4n) is 2.82. The van der Waals surface area contributed by atoms with Crippen LogP contribution in [0.15, 0.2) is 52.5 Å². The number of nitrogens with zero attached hydrogens (tertiary/aromatic N) is 2. The van der Waals surface area contributed by atoms with Crippen LogP contribution in [0.3, 0.4) is 0 Å². The Balaban J connectivity index is 1.52. The number of hydrogen-bond acceptors (Lipinski definition) is 6. The van der Waals surface area contributed by atoms with E-state index in [1.807, 2.05) is 0 Å². The van der Waals surface area contributed by atoms with E-state index in [0.29, 0.717) is 28.8 Å². The van der Waals surface area contributed by atoms with Gasteiger partial charge in [-0.2, -0.15) is 9.41 Å². The molecule has 0 atom stereocenters. The number of benzene rings is 2. The molecule has 0 unspecified atom stereocenters. The van der Waals surface area contributed by atoms with Gasteiger partial charge in [0, 0.05) is 24.2 Å². The van der Waals surface area contributed by atoms with E-state index in [4.69, 9.17) is 27.9 Å².